The first-order chi connectivity index (χ1) is 26.0. The van der Waals surface area contributed by atoms with Gasteiger partial charge >= 0.3 is 0 Å². The first-order valence-corrected chi connectivity index (χ1v) is 17.3. The van der Waals surface area contributed by atoms with Gasteiger partial charge in [0, 0.05) is 49.5 Å². The highest BCUT2D eigenvalue weighted by Gasteiger charge is 2.10. The number of hydrogen-bond acceptors (Lipinski definition) is 14. The Hall–Kier alpha value is -5.39. The van der Waals surface area contributed by atoms with Crippen LogP contribution in [-0.2, 0) is 23.7 Å². The molecule has 7 N–H and O–H groups in total. The van der Waals surface area contributed by atoms with E-state index in [-0.39, 0.29) is 17.8 Å². The summed E-state index contributed by atoms with van der Waals surface area (Å²) in [4.78, 5) is 37.9. The highest BCUT2D eigenvalue weighted by Crippen LogP contribution is 2.21. The van der Waals surface area contributed by atoms with E-state index in [1.54, 1.807) is 55.7 Å². The first kappa shape index (κ1) is 42.0. The van der Waals surface area contributed by atoms with E-state index in [1.807, 2.05) is 30.3 Å². The van der Waals surface area contributed by atoms with Crippen LogP contribution in [-0.4, -0.2) is 113 Å². The van der Waals surface area contributed by atoms with Crippen molar-refractivity contribution in [3.8, 4) is 5.75 Å². The highest BCUT2D eigenvalue weighted by atomic mass is 16.5. The molecule has 0 aliphatic carbocycles. The Labute approximate surface area is 310 Å². The number of carbonyl (C=O) groups excluding carboxylic acids is 2. The van der Waals surface area contributed by atoms with Gasteiger partial charge in [0.05, 0.1) is 60.0 Å². The van der Waals surface area contributed by atoms with E-state index >= 15 is 0 Å². The summed E-state index contributed by atoms with van der Waals surface area (Å²) in [5, 5.41) is 15.2. The van der Waals surface area contributed by atoms with Crippen molar-refractivity contribution in [3.05, 3.63) is 91.1 Å². The van der Waals surface area contributed by atoms with Crippen LogP contribution < -0.4 is 37.1 Å². The van der Waals surface area contributed by atoms with Crippen molar-refractivity contribution in [2.24, 2.45) is 5.73 Å². The fraction of sp³-hybridized carbons (Fsp3) is 0.378. The number of nitrogens with two attached hydrogens (primary N) is 1. The van der Waals surface area contributed by atoms with Crippen LogP contribution in [0.15, 0.2) is 85.5 Å². The van der Waals surface area contributed by atoms with Gasteiger partial charge in [0.1, 0.15) is 5.75 Å². The van der Waals surface area contributed by atoms with Crippen molar-refractivity contribution < 1.29 is 33.3 Å². The number of methoxy groups -OCH3 is 1. The maximum absolute atomic E-state index is 12.6. The molecule has 0 radical (unpaired) electrons. The third-order valence-corrected chi connectivity index (χ3v) is 6.82. The molecule has 3 aromatic rings. The van der Waals surface area contributed by atoms with E-state index in [9.17, 15) is 9.59 Å². The second-order valence-electron chi connectivity index (χ2n) is 10.9. The standard InChI is InChI=1S/C37H51N9O7/c1-3-4-5-6-7-8-33(47)39-18-22-51-27-28-53-24-20-41-35-44-36(46-37(45-35)43-31-13-15-32(49-2)16-14-31)42-30-11-9-29(10-12-30)34(48)40-19-23-52-26-25-50-21-17-38/h3-7,9-16H,1,8,17-28,38H2,2H3,(H,39,47)(H,40,48)(H3,41,42,43,44,45,46)/b5-4-,7-6-. The Morgan fingerprint density at radius 3 is 1.81 bits per heavy atom. The Kier molecular flexibility index (Phi) is 20.9. The number of nitrogens with one attached hydrogen (secondary N) is 5. The average molecular weight is 734 g/mol. The lowest BCUT2D eigenvalue weighted by Crippen LogP contribution is -2.27. The number of carbonyl (C=O) groups is 2. The summed E-state index contributed by atoms with van der Waals surface area (Å²) < 4.78 is 27.2. The molecule has 0 aliphatic rings. The lowest BCUT2D eigenvalue weighted by atomic mass is 10.2. The Bertz CT molecular complexity index is 1560. The molecule has 286 valence electrons. The molecule has 0 aliphatic heterocycles. The van der Waals surface area contributed by atoms with Crippen LogP contribution in [0.2, 0.25) is 0 Å². The lowest BCUT2D eigenvalue weighted by Gasteiger charge is -2.12. The number of anilines is 5. The number of rotatable bonds is 28. The van der Waals surface area contributed by atoms with E-state index in [0.717, 1.165) is 11.4 Å². The molecule has 0 saturated heterocycles. The topological polar surface area (TPSA) is 205 Å². The van der Waals surface area contributed by atoms with Crippen molar-refractivity contribution in [3.63, 3.8) is 0 Å². The summed E-state index contributed by atoms with van der Waals surface area (Å²) in [7, 11) is 1.60. The monoisotopic (exact) mass is 733 g/mol. The van der Waals surface area contributed by atoms with Gasteiger partial charge in [-0.25, -0.2) is 0 Å². The smallest absolute Gasteiger partial charge is 0.251 e. The second-order valence-corrected chi connectivity index (χ2v) is 10.9. The summed E-state index contributed by atoms with van der Waals surface area (Å²) >= 11 is 0. The number of benzene rings is 2. The van der Waals surface area contributed by atoms with Gasteiger partial charge in [0.2, 0.25) is 23.8 Å². The zero-order chi connectivity index (χ0) is 37.8. The predicted octanol–water partition coefficient (Wildman–Crippen LogP) is 3.34. The van der Waals surface area contributed by atoms with Crippen molar-refractivity contribution >= 4 is 41.0 Å². The first-order valence-electron chi connectivity index (χ1n) is 17.3. The van der Waals surface area contributed by atoms with Crippen LogP contribution in [0.5, 0.6) is 5.75 Å². The summed E-state index contributed by atoms with van der Waals surface area (Å²) in [6, 6.07) is 14.3. The van der Waals surface area contributed by atoms with E-state index in [1.165, 1.54) is 0 Å². The minimum absolute atomic E-state index is 0.0735. The van der Waals surface area contributed by atoms with E-state index in [0.29, 0.717) is 109 Å². The van der Waals surface area contributed by atoms with Crippen molar-refractivity contribution in [2.45, 2.75) is 6.42 Å². The normalized spacial score (nSPS) is 11.1. The van der Waals surface area contributed by atoms with Crippen LogP contribution in [0.4, 0.5) is 29.2 Å². The van der Waals surface area contributed by atoms with Gasteiger partial charge in [-0.2, -0.15) is 15.0 Å². The number of amides is 2. The molecule has 1 aromatic heterocycles. The van der Waals surface area contributed by atoms with Crippen molar-refractivity contribution in [1.82, 2.24) is 25.6 Å². The molecule has 0 fully saturated rings. The molecule has 53 heavy (non-hydrogen) atoms. The van der Waals surface area contributed by atoms with Gasteiger partial charge in [-0.3, -0.25) is 9.59 Å². The van der Waals surface area contributed by atoms with Gasteiger partial charge in [-0.05, 0) is 48.5 Å². The minimum Gasteiger partial charge on any atom is -0.497 e. The molecule has 16 nitrogen and oxygen atoms in total. The fourth-order valence-corrected chi connectivity index (χ4v) is 4.24. The Morgan fingerprint density at radius 1 is 0.679 bits per heavy atom. The maximum atomic E-state index is 12.6. The molecule has 1 heterocycles. The van der Waals surface area contributed by atoms with Gasteiger partial charge in [0.15, 0.2) is 0 Å². The molecular weight excluding hydrogens is 682 g/mol. The second kappa shape index (κ2) is 26.4. The summed E-state index contributed by atoms with van der Waals surface area (Å²) in [5.41, 5.74) is 7.30. The molecule has 16 heteroatoms. The van der Waals surface area contributed by atoms with Crippen molar-refractivity contribution in [2.75, 3.05) is 102 Å². The van der Waals surface area contributed by atoms with Gasteiger partial charge in [-0.15, -0.1) is 0 Å². The van der Waals surface area contributed by atoms with Gasteiger partial charge in [0.25, 0.3) is 5.91 Å². The SMILES string of the molecule is C=C/C=C\C=C/CC(=O)NCCOCCOCCNc1nc(Nc2ccc(OC)cc2)nc(Nc2ccc(C(=O)NCCOCCOCCN)cc2)n1. The van der Waals surface area contributed by atoms with Crippen LogP contribution in [0, 0.1) is 0 Å². The summed E-state index contributed by atoms with van der Waals surface area (Å²) in [6.07, 6.45) is 9.14. The third-order valence-electron chi connectivity index (χ3n) is 6.82. The van der Waals surface area contributed by atoms with E-state index in [4.69, 9.17) is 29.4 Å². The summed E-state index contributed by atoms with van der Waals surface area (Å²) in [5.74, 6) is 1.35. The molecule has 0 spiro atoms. The Balaban J connectivity index is 1.45. The van der Waals surface area contributed by atoms with Gasteiger partial charge in [-0.1, -0.05) is 37.0 Å². The third kappa shape index (κ3) is 18.6. The largest absolute Gasteiger partial charge is 0.497 e. The summed E-state index contributed by atoms with van der Waals surface area (Å²) in [6.45, 7) is 8.56. The number of nitrogens with zero attached hydrogens (tertiary/aromatic N) is 3. The molecule has 2 amide bonds. The number of hydrogen-bond donors (Lipinski definition) is 6. The molecule has 0 unspecified atom stereocenters. The van der Waals surface area contributed by atoms with Crippen LogP contribution >= 0.6 is 0 Å². The zero-order valence-corrected chi connectivity index (χ0v) is 30.2. The van der Waals surface area contributed by atoms with Crippen LogP contribution in [0.1, 0.15) is 16.8 Å². The van der Waals surface area contributed by atoms with Crippen LogP contribution in [0.25, 0.3) is 0 Å². The zero-order valence-electron chi connectivity index (χ0n) is 30.2. The van der Waals surface area contributed by atoms with E-state index in [2.05, 4.69) is 48.1 Å². The lowest BCUT2D eigenvalue weighted by molar-refractivity contribution is -0.120. The van der Waals surface area contributed by atoms with Crippen molar-refractivity contribution in [1.29, 1.82) is 0 Å². The molecule has 0 atom stereocenters. The minimum atomic E-state index is -0.216. The number of aromatic nitrogens is 3. The molecular formula is C37H51N9O7. The molecule has 0 bridgehead atoms. The van der Waals surface area contributed by atoms with Crippen LogP contribution in [0.3, 0.4) is 0 Å². The van der Waals surface area contributed by atoms with E-state index < -0.39 is 0 Å². The fourth-order valence-electron chi connectivity index (χ4n) is 4.24. The molecule has 2 aromatic carbocycles. The Morgan fingerprint density at radius 2 is 1.23 bits per heavy atom. The maximum Gasteiger partial charge on any atom is 0.251 e. The predicted molar refractivity (Wildman–Crippen MR) is 205 cm³/mol. The molecule has 3 rings (SSSR count). The van der Waals surface area contributed by atoms with Gasteiger partial charge < -0.3 is 56.0 Å². The molecule has 0 saturated carbocycles. The highest BCUT2D eigenvalue weighted by molar-refractivity contribution is 5.94. The average Bonchev–Trinajstić information content (AvgIpc) is 3.17. The number of allylic oxidation sites excluding steroid dienone is 4. The number of ether oxygens (including phenoxy) is 5. The quantitative estimate of drug-likeness (QED) is 0.0468.